The van der Waals surface area contributed by atoms with Gasteiger partial charge in [-0.05, 0) is 32.9 Å². The molecular formula is C16H23NO5. The summed E-state index contributed by atoms with van der Waals surface area (Å²) in [4.78, 5) is 22.8. The van der Waals surface area contributed by atoms with Crippen molar-refractivity contribution < 1.29 is 23.8 Å². The number of benzene rings is 1. The molecule has 0 aliphatic carbocycles. The normalized spacial score (nSPS) is 10.7. The van der Waals surface area contributed by atoms with Crippen LogP contribution in [0.15, 0.2) is 30.3 Å². The van der Waals surface area contributed by atoms with E-state index in [1.54, 1.807) is 20.8 Å². The minimum absolute atomic E-state index is 0.0879. The summed E-state index contributed by atoms with van der Waals surface area (Å²) in [6.07, 6.45) is -0.461. The Bertz CT molecular complexity index is 467. The number of hydrogen-bond donors (Lipinski definition) is 1. The SMILES string of the molecule is CC(C)(C)OC(=O)NCCC(=O)OCCOc1ccccc1. The summed E-state index contributed by atoms with van der Waals surface area (Å²) in [6, 6.07) is 9.27. The molecule has 0 saturated heterocycles. The quantitative estimate of drug-likeness (QED) is 0.619. The number of amides is 1. The van der Waals surface area contributed by atoms with Gasteiger partial charge in [0.1, 0.15) is 24.6 Å². The van der Waals surface area contributed by atoms with E-state index < -0.39 is 17.7 Å². The number of para-hydroxylation sites is 1. The fourth-order valence-electron chi connectivity index (χ4n) is 1.48. The van der Waals surface area contributed by atoms with E-state index >= 15 is 0 Å². The smallest absolute Gasteiger partial charge is 0.407 e. The van der Waals surface area contributed by atoms with Gasteiger partial charge in [0.15, 0.2) is 0 Å². The number of hydrogen-bond acceptors (Lipinski definition) is 5. The average Bonchev–Trinajstić information content (AvgIpc) is 2.43. The maximum Gasteiger partial charge on any atom is 0.407 e. The molecule has 0 aliphatic heterocycles. The Morgan fingerprint density at radius 1 is 1.09 bits per heavy atom. The number of ether oxygens (including phenoxy) is 3. The summed E-state index contributed by atoms with van der Waals surface area (Å²) in [6.45, 7) is 5.94. The van der Waals surface area contributed by atoms with Gasteiger partial charge < -0.3 is 19.5 Å². The molecule has 122 valence electrons. The second-order valence-electron chi connectivity index (χ2n) is 5.56. The van der Waals surface area contributed by atoms with Crippen LogP contribution < -0.4 is 10.1 Å². The fourth-order valence-corrected chi connectivity index (χ4v) is 1.48. The van der Waals surface area contributed by atoms with Gasteiger partial charge in [0.25, 0.3) is 0 Å². The molecule has 0 radical (unpaired) electrons. The van der Waals surface area contributed by atoms with E-state index in [1.165, 1.54) is 0 Å². The first kappa shape index (κ1) is 17.8. The van der Waals surface area contributed by atoms with E-state index in [9.17, 15) is 9.59 Å². The van der Waals surface area contributed by atoms with Gasteiger partial charge in [0.2, 0.25) is 0 Å². The van der Waals surface area contributed by atoms with Crippen LogP contribution in [-0.2, 0) is 14.3 Å². The lowest BCUT2D eigenvalue weighted by Crippen LogP contribution is -2.33. The summed E-state index contributed by atoms with van der Waals surface area (Å²) in [5.74, 6) is 0.331. The minimum Gasteiger partial charge on any atom is -0.490 e. The monoisotopic (exact) mass is 309 g/mol. The Morgan fingerprint density at radius 3 is 2.41 bits per heavy atom. The highest BCUT2D eigenvalue weighted by molar-refractivity contribution is 5.71. The molecule has 1 rings (SSSR count). The van der Waals surface area contributed by atoms with E-state index in [-0.39, 0.29) is 26.2 Å². The van der Waals surface area contributed by atoms with E-state index in [0.29, 0.717) is 0 Å². The standard InChI is InChI=1S/C16H23NO5/c1-16(2,3)22-15(19)17-10-9-14(18)21-12-11-20-13-7-5-4-6-8-13/h4-8H,9-12H2,1-3H3,(H,17,19). The predicted molar refractivity (Wildman–Crippen MR) is 81.7 cm³/mol. The predicted octanol–water partition coefficient (Wildman–Crippen LogP) is 2.52. The van der Waals surface area contributed by atoms with Gasteiger partial charge in [-0.1, -0.05) is 18.2 Å². The van der Waals surface area contributed by atoms with Crippen LogP contribution in [-0.4, -0.2) is 37.4 Å². The number of alkyl carbamates (subject to hydrolysis) is 1. The number of esters is 1. The van der Waals surface area contributed by atoms with Gasteiger partial charge in [-0.25, -0.2) is 4.79 Å². The molecule has 0 fully saturated rings. The van der Waals surface area contributed by atoms with E-state index in [4.69, 9.17) is 14.2 Å². The Morgan fingerprint density at radius 2 is 1.77 bits per heavy atom. The first-order chi connectivity index (χ1) is 10.4. The second kappa shape index (κ2) is 8.92. The Hall–Kier alpha value is -2.24. The molecular weight excluding hydrogens is 286 g/mol. The van der Waals surface area contributed by atoms with Crippen LogP contribution in [0.5, 0.6) is 5.75 Å². The molecule has 0 aliphatic rings. The third-order valence-corrected chi connectivity index (χ3v) is 2.36. The number of carbonyl (C=O) groups is 2. The van der Waals surface area contributed by atoms with Crippen molar-refractivity contribution in [2.24, 2.45) is 0 Å². The lowest BCUT2D eigenvalue weighted by Gasteiger charge is -2.19. The molecule has 0 spiro atoms. The highest BCUT2D eigenvalue weighted by Gasteiger charge is 2.15. The first-order valence-corrected chi connectivity index (χ1v) is 7.17. The van der Waals surface area contributed by atoms with Crippen LogP contribution in [0.2, 0.25) is 0 Å². The number of nitrogens with one attached hydrogen (secondary N) is 1. The molecule has 0 aromatic heterocycles. The molecule has 0 atom stereocenters. The molecule has 6 heteroatoms. The zero-order valence-corrected chi connectivity index (χ0v) is 13.3. The highest BCUT2D eigenvalue weighted by Crippen LogP contribution is 2.08. The molecule has 1 amide bonds. The van der Waals surface area contributed by atoms with Gasteiger partial charge in [0, 0.05) is 6.54 Å². The summed E-state index contributed by atoms with van der Waals surface area (Å²) in [5.41, 5.74) is -0.556. The summed E-state index contributed by atoms with van der Waals surface area (Å²) in [7, 11) is 0. The molecule has 1 aromatic carbocycles. The molecule has 0 saturated carbocycles. The average molecular weight is 309 g/mol. The molecule has 1 N–H and O–H groups in total. The van der Waals surface area contributed by atoms with Crippen LogP contribution in [0, 0.1) is 0 Å². The first-order valence-electron chi connectivity index (χ1n) is 7.17. The number of rotatable bonds is 7. The van der Waals surface area contributed by atoms with Crippen molar-refractivity contribution in [2.75, 3.05) is 19.8 Å². The largest absolute Gasteiger partial charge is 0.490 e. The zero-order chi connectivity index (χ0) is 16.4. The molecule has 0 heterocycles. The fraction of sp³-hybridized carbons (Fsp3) is 0.500. The maximum atomic E-state index is 11.5. The minimum atomic E-state index is -0.556. The second-order valence-corrected chi connectivity index (χ2v) is 5.56. The Kier molecular flexibility index (Phi) is 7.22. The van der Waals surface area contributed by atoms with Crippen molar-refractivity contribution in [3.8, 4) is 5.75 Å². The third-order valence-electron chi connectivity index (χ3n) is 2.36. The van der Waals surface area contributed by atoms with E-state index in [0.717, 1.165) is 5.75 Å². The summed E-state index contributed by atoms with van der Waals surface area (Å²) in [5, 5.41) is 2.49. The van der Waals surface area contributed by atoms with Crippen LogP contribution in [0.4, 0.5) is 4.79 Å². The summed E-state index contributed by atoms with van der Waals surface area (Å²) >= 11 is 0. The molecule has 6 nitrogen and oxygen atoms in total. The molecule has 0 bridgehead atoms. The van der Waals surface area contributed by atoms with Crippen LogP contribution in [0.25, 0.3) is 0 Å². The molecule has 0 unspecified atom stereocenters. The van der Waals surface area contributed by atoms with Gasteiger partial charge in [0.05, 0.1) is 6.42 Å². The molecule has 1 aromatic rings. The lowest BCUT2D eigenvalue weighted by molar-refractivity contribution is -0.144. The van der Waals surface area contributed by atoms with Crippen molar-refractivity contribution in [3.63, 3.8) is 0 Å². The zero-order valence-electron chi connectivity index (χ0n) is 13.3. The van der Waals surface area contributed by atoms with E-state index in [2.05, 4.69) is 5.32 Å². The van der Waals surface area contributed by atoms with Crippen molar-refractivity contribution in [3.05, 3.63) is 30.3 Å². The van der Waals surface area contributed by atoms with Crippen molar-refractivity contribution in [1.82, 2.24) is 5.32 Å². The van der Waals surface area contributed by atoms with Gasteiger partial charge in [-0.3, -0.25) is 4.79 Å². The lowest BCUT2D eigenvalue weighted by atomic mass is 10.2. The highest BCUT2D eigenvalue weighted by atomic mass is 16.6. The van der Waals surface area contributed by atoms with Gasteiger partial charge in [-0.2, -0.15) is 0 Å². The third kappa shape index (κ3) is 8.84. The maximum absolute atomic E-state index is 11.5. The van der Waals surface area contributed by atoms with Crippen molar-refractivity contribution in [1.29, 1.82) is 0 Å². The topological polar surface area (TPSA) is 73.9 Å². The molecule has 22 heavy (non-hydrogen) atoms. The summed E-state index contributed by atoms with van der Waals surface area (Å²) < 4.78 is 15.4. The van der Waals surface area contributed by atoms with Gasteiger partial charge in [-0.15, -0.1) is 0 Å². The Balaban J connectivity index is 2.05. The Labute approximate surface area is 130 Å². The van der Waals surface area contributed by atoms with Gasteiger partial charge >= 0.3 is 12.1 Å². The van der Waals surface area contributed by atoms with Crippen molar-refractivity contribution in [2.45, 2.75) is 32.8 Å². The van der Waals surface area contributed by atoms with E-state index in [1.807, 2.05) is 30.3 Å². The number of carbonyl (C=O) groups excluding carboxylic acids is 2. The van der Waals surface area contributed by atoms with Crippen LogP contribution >= 0.6 is 0 Å². The van der Waals surface area contributed by atoms with Crippen LogP contribution in [0.3, 0.4) is 0 Å². The van der Waals surface area contributed by atoms with Crippen molar-refractivity contribution >= 4 is 12.1 Å². The van der Waals surface area contributed by atoms with Crippen LogP contribution in [0.1, 0.15) is 27.2 Å².